The fourth-order valence-corrected chi connectivity index (χ4v) is 4.34. The lowest BCUT2D eigenvalue weighted by molar-refractivity contribution is -0.138. The van der Waals surface area contributed by atoms with Crippen LogP contribution < -0.4 is 5.32 Å². The first-order valence-electron chi connectivity index (χ1n) is 10.6. The average molecular weight is 427 g/mol. The molecule has 1 aromatic heterocycles. The molecule has 7 nitrogen and oxygen atoms in total. The van der Waals surface area contributed by atoms with Gasteiger partial charge in [0.1, 0.15) is 24.3 Å². The Hall–Kier alpha value is -2.93. The zero-order valence-corrected chi connectivity index (χ0v) is 18.3. The van der Waals surface area contributed by atoms with Crippen LogP contribution in [-0.2, 0) is 14.3 Å². The van der Waals surface area contributed by atoms with Crippen molar-refractivity contribution in [3.8, 4) is 0 Å². The first kappa shape index (κ1) is 22.7. The number of rotatable bonds is 5. The van der Waals surface area contributed by atoms with Gasteiger partial charge in [-0.3, -0.25) is 14.4 Å². The molecular weight excluding hydrogens is 396 g/mol. The molecule has 4 atom stereocenters. The first-order chi connectivity index (χ1) is 14.8. The van der Waals surface area contributed by atoms with E-state index in [2.05, 4.69) is 18.5 Å². The van der Waals surface area contributed by atoms with Gasteiger partial charge in [0, 0.05) is 17.8 Å². The number of carbonyl (C=O) groups is 3. The van der Waals surface area contributed by atoms with Crippen LogP contribution in [0.2, 0.25) is 0 Å². The topological polar surface area (TPSA) is 88.8 Å². The molecule has 1 N–H and O–H groups in total. The average Bonchev–Trinajstić information content (AvgIpc) is 3.44. The summed E-state index contributed by atoms with van der Waals surface area (Å²) in [6, 6.07) is 7.76. The standard InChI is InChI=1S/C22H26N2O5.C2H4/c1-12(2)8-15(22(27)24-10-13(3)20-19(24)16(25)11-28-20)23-21(26)18-9-14-6-4-5-7-17(14)29-18;1-2/h4-7,9,12-13,15,19-20H,8,10-11H2,1-3H3,(H,23,26);1-2H2/t13?,15-,19?,20?;/m0./s1. The molecule has 2 fully saturated rings. The van der Waals surface area contributed by atoms with E-state index in [1.165, 1.54) is 0 Å². The highest BCUT2D eigenvalue weighted by Crippen LogP contribution is 2.32. The Kier molecular flexibility index (Phi) is 6.95. The van der Waals surface area contributed by atoms with Crippen LogP contribution in [0, 0.1) is 11.8 Å². The minimum absolute atomic E-state index is 0.0453. The fraction of sp³-hybridized carbons (Fsp3) is 0.458. The Morgan fingerprint density at radius 1 is 1.26 bits per heavy atom. The molecule has 2 amide bonds. The molecule has 0 radical (unpaired) electrons. The number of amides is 2. The fourth-order valence-electron chi connectivity index (χ4n) is 4.34. The number of Topliss-reactive ketones (excluding diaryl/α,β-unsaturated/α-hetero) is 1. The van der Waals surface area contributed by atoms with Crippen LogP contribution in [0.1, 0.15) is 37.7 Å². The molecule has 3 unspecified atom stereocenters. The third kappa shape index (κ3) is 4.56. The number of ether oxygens (including phenoxy) is 1. The Morgan fingerprint density at radius 2 is 1.97 bits per heavy atom. The maximum Gasteiger partial charge on any atom is 0.287 e. The number of nitrogens with zero attached hydrogens (tertiary/aromatic N) is 1. The lowest BCUT2D eigenvalue weighted by Gasteiger charge is -2.28. The van der Waals surface area contributed by atoms with E-state index in [0.29, 0.717) is 18.5 Å². The maximum atomic E-state index is 13.3. The summed E-state index contributed by atoms with van der Waals surface area (Å²) in [7, 11) is 0. The Bertz CT molecular complexity index is 933. The molecule has 2 aliphatic heterocycles. The molecule has 2 saturated heterocycles. The van der Waals surface area contributed by atoms with Crippen LogP contribution in [0.3, 0.4) is 0 Å². The molecule has 4 rings (SSSR count). The van der Waals surface area contributed by atoms with Crippen molar-refractivity contribution in [1.29, 1.82) is 0 Å². The largest absolute Gasteiger partial charge is 0.451 e. The van der Waals surface area contributed by atoms with Gasteiger partial charge in [0.15, 0.2) is 11.5 Å². The molecule has 7 heteroatoms. The van der Waals surface area contributed by atoms with Crippen molar-refractivity contribution < 1.29 is 23.5 Å². The summed E-state index contributed by atoms with van der Waals surface area (Å²) >= 11 is 0. The summed E-state index contributed by atoms with van der Waals surface area (Å²) in [4.78, 5) is 40.0. The van der Waals surface area contributed by atoms with Gasteiger partial charge in [-0.05, 0) is 24.5 Å². The van der Waals surface area contributed by atoms with Crippen molar-refractivity contribution in [2.45, 2.75) is 45.4 Å². The van der Waals surface area contributed by atoms with Gasteiger partial charge in [-0.2, -0.15) is 0 Å². The number of carbonyl (C=O) groups excluding carboxylic acids is 3. The molecule has 2 aromatic rings. The van der Waals surface area contributed by atoms with E-state index in [1.54, 1.807) is 17.0 Å². The monoisotopic (exact) mass is 426 g/mol. The predicted octanol–water partition coefficient (Wildman–Crippen LogP) is 3.19. The van der Waals surface area contributed by atoms with Crippen molar-refractivity contribution in [1.82, 2.24) is 10.2 Å². The quantitative estimate of drug-likeness (QED) is 0.742. The highest BCUT2D eigenvalue weighted by atomic mass is 16.5. The van der Waals surface area contributed by atoms with E-state index in [9.17, 15) is 14.4 Å². The number of likely N-dealkylation sites (tertiary alicyclic amines) is 1. The molecule has 0 bridgehead atoms. The van der Waals surface area contributed by atoms with Gasteiger partial charge in [0.05, 0.1) is 6.10 Å². The zero-order chi connectivity index (χ0) is 22.7. The third-order valence-corrected chi connectivity index (χ3v) is 5.68. The Labute approximate surface area is 182 Å². The van der Waals surface area contributed by atoms with Crippen molar-refractivity contribution in [3.63, 3.8) is 0 Å². The van der Waals surface area contributed by atoms with Crippen LogP contribution in [-0.4, -0.2) is 53.8 Å². The molecule has 1 aromatic carbocycles. The number of ketones is 1. The summed E-state index contributed by atoms with van der Waals surface area (Å²) in [5.74, 6) is -0.299. The molecule has 0 spiro atoms. The number of hydrogen-bond acceptors (Lipinski definition) is 5. The van der Waals surface area contributed by atoms with E-state index >= 15 is 0 Å². The normalized spacial score (nSPS) is 23.4. The van der Waals surface area contributed by atoms with E-state index in [0.717, 1.165) is 5.39 Å². The van der Waals surface area contributed by atoms with Gasteiger partial charge in [0.25, 0.3) is 5.91 Å². The van der Waals surface area contributed by atoms with Crippen molar-refractivity contribution in [2.24, 2.45) is 11.8 Å². The first-order valence-corrected chi connectivity index (χ1v) is 10.6. The van der Waals surface area contributed by atoms with Crippen LogP contribution >= 0.6 is 0 Å². The molecule has 0 aliphatic carbocycles. The molecular formula is C24H30N2O5. The van der Waals surface area contributed by atoms with Gasteiger partial charge >= 0.3 is 0 Å². The Balaban J connectivity index is 0.00000132. The van der Waals surface area contributed by atoms with E-state index in [-0.39, 0.29) is 42.0 Å². The molecule has 0 saturated carbocycles. The zero-order valence-electron chi connectivity index (χ0n) is 18.3. The number of para-hydroxylation sites is 1. The van der Waals surface area contributed by atoms with Crippen LogP contribution in [0.5, 0.6) is 0 Å². The minimum Gasteiger partial charge on any atom is -0.451 e. The van der Waals surface area contributed by atoms with Crippen molar-refractivity contribution in [3.05, 3.63) is 49.2 Å². The van der Waals surface area contributed by atoms with Crippen molar-refractivity contribution in [2.75, 3.05) is 13.2 Å². The smallest absolute Gasteiger partial charge is 0.287 e. The lowest BCUT2D eigenvalue weighted by Crippen LogP contribution is -2.52. The summed E-state index contributed by atoms with van der Waals surface area (Å²) in [5, 5.41) is 3.66. The number of furan rings is 1. The van der Waals surface area contributed by atoms with Gasteiger partial charge < -0.3 is 19.4 Å². The summed E-state index contributed by atoms with van der Waals surface area (Å²) in [6.07, 6.45) is 0.222. The highest BCUT2D eigenvalue weighted by Gasteiger charge is 2.51. The second kappa shape index (κ2) is 9.47. The molecule has 2 aliphatic rings. The van der Waals surface area contributed by atoms with Gasteiger partial charge in [-0.15, -0.1) is 13.2 Å². The highest BCUT2D eigenvalue weighted by molar-refractivity contribution is 6.00. The number of nitrogens with one attached hydrogen (secondary N) is 1. The molecule has 166 valence electrons. The van der Waals surface area contributed by atoms with Crippen LogP contribution in [0.15, 0.2) is 47.9 Å². The summed E-state index contributed by atoms with van der Waals surface area (Å²) in [5.41, 5.74) is 0.620. The number of benzene rings is 1. The SMILES string of the molecule is C=C.CC(C)C[C@H](NC(=O)c1cc2ccccc2o1)C(=O)N1CC(C)C2OCC(=O)C21. The van der Waals surface area contributed by atoms with E-state index in [1.807, 2.05) is 39.0 Å². The summed E-state index contributed by atoms with van der Waals surface area (Å²) in [6.45, 7) is 12.5. The van der Waals surface area contributed by atoms with Crippen LogP contribution in [0.25, 0.3) is 11.0 Å². The molecule has 3 heterocycles. The maximum absolute atomic E-state index is 13.3. The van der Waals surface area contributed by atoms with Gasteiger partial charge in [-0.1, -0.05) is 39.0 Å². The minimum atomic E-state index is -0.727. The number of fused-ring (bicyclic) bond motifs is 2. The third-order valence-electron chi connectivity index (χ3n) is 5.68. The van der Waals surface area contributed by atoms with Crippen LogP contribution in [0.4, 0.5) is 0 Å². The van der Waals surface area contributed by atoms with E-state index < -0.39 is 18.0 Å². The lowest BCUT2D eigenvalue weighted by atomic mass is 10.0. The second-order valence-corrected chi connectivity index (χ2v) is 8.46. The summed E-state index contributed by atoms with van der Waals surface area (Å²) < 4.78 is 11.2. The molecule has 31 heavy (non-hydrogen) atoms. The van der Waals surface area contributed by atoms with Crippen molar-refractivity contribution >= 4 is 28.6 Å². The second-order valence-electron chi connectivity index (χ2n) is 8.46. The predicted molar refractivity (Wildman–Crippen MR) is 118 cm³/mol. The van der Waals surface area contributed by atoms with Gasteiger partial charge in [-0.25, -0.2) is 0 Å². The van der Waals surface area contributed by atoms with E-state index in [4.69, 9.17) is 9.15 Å². The van der Waals surface area contributed by atoms with Gasteiger partial charge in [0.2, 0.25) is 5.91 Å². The Morgan fingerprint density at radius 3 is 2.65 bits per heavy atom. The number of hydrogen-bond donors (Lipinski definition) is 1.